The lowest BCUT2D eigenvalue weighted by Crippen LogP contribution is -2.47. The Morgan fingerprint density at radius 3 is 2.67 bits per heavy atom. The molecule has 1 fully saturated rings. The van der Waals surface area contributed by atoms with E-state index in [4.69, 9.17) is 28.0 Å². The Labute approximate surface area is 150 Å². The smallest absolute Gasteiger partial charge is 0.256 e. The van der Waals surface area contributed by atoms with Gasteiger partial charge < -0.3 is 15.3 Å². The van der Waals surface area contributed by atoms with Crippen LogP contribution >= 0.6 is 23.2 Å². The van der Waals surface area contributed by atoms with Crippen LogP contribution < -0.4 is 5.32 Å². The van der Waals surface area contributed by atoms with Crippen molar-refractivity contribution in [3.05, 3.63) is 39.6 Å². The normalized spacial score (nSPS) is 23.6. The summed E-state index contributed by atoms with van der Waals surface area (Å²) in [5, 5.41) is 18.6. The van der Waals surface area contributed by atoms with Crippen molar-refractivity contribution in [1.82, 2.24) is 5.32 Å². The minimum absolute atomic E-state index is 0.0483. The van der Waals surface area contributed by atoms with Crippen LogP contribution in [0.2, 0.25) is 10.0 Å². The van der Waals surface area contributed by atoms with Gasteiger partial charge in [-0.15, -0.1) is 0 Å². The van der Waals surface area contributed by atoms with Gasteiger partial charge in [0, 0.05) is 10.6 Å². The van der Waals surface area contributed by atoms with Gasteiger partial charge in [-0.25, -0.2) is 0 Å². The van der Waals surface area contributed by atoms with E-state index in [1.54, 1.807) is 18.2 Å². The quantitative estimate of drug-likeness (QED) is 0.789. The molecule has 1 aromatic carbocycles. The molecule has 2 aliphatic rings. The second-order valence-corrected chi connectivity index (χ2v) is 6.80. The van der Waals surface area contributed by atoms with Crippen molar-refractivity contribution in [2.24, 2.45) is 5.16 Å². The summed E-state index contributed by atoms with van der Waals surface area (Å²) in [6.07, 6.45) is 2.47. The zero-order valence-corrected chi connectivity index (χ0v) is 14.7. The maximum absolute atomic E-state index is 12.5. The van der Waals surface area contributed by atoms with E-state index >= 15 is 0 Å². The van der Waals surface area contributed by atoms with Crippen molar-refractivity contribution in [2.75, 3.05) is 6.61 Å². The summed E-state index contributed by atoms with van der Waals surface area (Å²) in [5.74, 6) is -0.269. The van der Waals surface area contributed by atoms with Crippen LogP contribution in [0.1, 0.15) is 38.2 Å². The maximum Gasteiger partial charge on any atom is 0.256 e. The molecule has 3 rings (SSSR count). The lowest BCUT2D eigenvalue weighted by atomic mass is 9.79. The number of rotatable bonds is 3. The van der Waals surface area contributed by atoms with E-state index in [2.05, 4.69) is 10.5 Å². The van der Waals surface area contributed by atoms with Gasteiger partial charge in [-0.3, -0.25) is 4.79 Å². The molecule has 24 heavy (non-hydrogen) atoms. The summed E-state index contributed by atoms with van der Waals surface area (Å²) < 4.78 is 0. The average molecular weight is 369 g/mol. The Morgan fingerprint density at radius 1 is 1.33 bits per heavy atom. The standard InChI is InChI=1S/C17H18Cl2N2O3/c1-2-24-21-11-5-7-17(8-6-11)15(22)14(16(23)20-17)12-4-3-10(18)9-13(12)19/h3-4,9,22H,2,5-8H2,1H3,(H,20,23). The highest BCUT2D eigenvalue weighted by molar-refractivity contribution is 6.38. The van der Waals surface area contributed by atoms with Crippen molar-refractivity contribution < 1.29 is 14.7 Å². The zero-order chi connectivity index (χ0) is 17.3. The molecule has 0 saturated heterocycles. The van der Waals surface area contributed by atoms with Gasteiger partial charge in [-0.05, 0) is 44.7 Å². The Bertz CT molecular complexity index is 733. The van der Waals surface area contributed by atoms with Crippen molar-refractivity contribution in [3.63, 3.8) is 0 Å². The number of aliphatic hydroxyl groups excluding tert-OH is 1. The van der Waals surface area contributed by atoms with Crippen LogP contribution in [0.3, 0.4) is 0 Å². The molecule has 2 N–H and O–H groups in total. The number of aliphatic hydroxyl groups is 1. The maximum atomic E-state index is 12.5. The fourth-order valence-corrected chi connectivity index (χ4v) is 3.71. The minimum atomic E-state index is -0.749. The number of oxime groups is 1. The molecule has 1 saturated carbocycles. The van der Waals surface area contributed by atoms with Crippen LogP contribution in [0, 0.1) is 0 Å². The molecule has 1 heterocycles. The van der Waals surface area contributed by atoms with Crippen molar-refractivity contribution in [3.8, 4) is 0 Å². The number of carbonyl (C=O) groups excluding carboxylic acids is 1. The predicted molar refractivity (Wildman–Crippen MR) is 94.4 cm³/mol. The van der Waals surface area contributed by atoms with Gasteiger partial charge in [0.25, 0.3) is 5.91 Å². The Hall–Kier alpha value is -1.72. The fourth-order valence-electron chi connectivity index (χ4n) is 3.20. The number of benzene rings is 1. The van der Waals surface area contributed by atoms with Gasteiger partial charge in [0.15, 0.2) is 0 Å². The molecule has 5 nitrogen and oxygen atoms in total. The number of halogens is 2. The number of hydrogen-bond acceptors (Lipinski definition) is 4. The van der Waals surface area contributed by atoms with Crippen molar-refractivity contribution in [1.29, 1.82) is 0 Å². The molecule has 1 amide bonds. The van der Waals surface area contributed by atoms with E-state index in [1.165, 1.54) is 0 Å². The summed E-state index contributed by atoms with van der Waals surface area (Å²) >= 11 is 12.1. The second kappa shape index (κ2) is 6.65. The zero-order valence-electron chi connectivity index (χ0n) is 13.2. The lowest BCUT2D eigenvalue weighted by Gasteiger charge is -2.33. The molecular formula is C17H18Cl2N2O3. The fraction of sp³-hybridized carbons (Fsp3) is 0.412. The molecule has 0 bridgehead atoms. The van der Waals surface area contributed by atoms with Crippen LogP contribution in [0.15, 0.2) is 29.1 Å². The predicted octanol–water partition coefficient (Wildman–Crippen LogP) is 4.10. The van der Waals surface area contributed by atoms with Gasteiger partial charge in [0.1, 0.15) is 12.4 Å². The van der Waals surface area contributed by atoms with E-state index in [0.717, 1.165) is 5.71 Å². The summed E-state index contributed by atoms with van der Waals surface area (Å²) in [6, 6.07) is 4.86. The van der Waals surface area contributed by atoms with Gasteiger partial charge in [0.2, 0.25) is 0 Å². The van der Waals surface area contributed by atoms with Crippen molar-refractivity contribution in [2.45, 2.75) is 38.1 Å². The number of carbonyl (C=O) groups is 1. The van der Waals surface area contributed by atoms with E-state index in [1.807, 2.05) is 6.92 Å². The topological polar surface area (TPSA) is 70.9 Å². The molecule has 128 valence electrons. The third-order valence-corrected chi connectivity index (χ3v) is 5.02. The van der Waals surface area contributed by atoms with Gasteiger partial charge in [0.05, 0.1) is 21.8 Å². The van der Waals surface area contributed by atoms with Crippen LogP contribution in [0.4, 0.5) is 0 Å². The average Bonchev–Trinajstić information content (AvgIpc) is 2.78. The highest BCUT2D eigenvalue weighted by Gasteiger charge is 2.47. The SMILES string of the molecule is CCON=C1CCC2(CC1)NC(=O)C(c1ccc(Cl)cc1Cl)=C2O. The summed E-state index contributed by atoms with van der Waals surface area (Å²) in [4.78, 5) is 17.6. The number of nitrogens with one attached hydrogen (secondary N) is 1. The summed E-state index contributed by atoms with van der Waals surface area (Å²) in [5.41, 5.74) is 0.909. The lowest BCUT2D eigenvalue weighted by molar-refractivity contribution is -0.116. The van der Waals surface area contributed by atoms with Gasteiger partial charge in [-0.2, -0.15) is 0 Å². The molecule has 7 heteroatoms. The molecule has 0 aromatic heterocycles. The van der Waals surface area contributed by atoms with E-state index in [-0.39, 0.29) is 17.2 Å². The summed E-state index contributed by atoms with van der Waals surface area (Å²) in [7, 11) is 0. The second-order valence-electron chi connectivity index (χ2n) is 5.96. The van der Waals surface area contributed by atoms with E-state index < -0.39 is 5.54 Å². The van der Waals surface area contributed by atoms with Crippen LogP contribution in [0.5, 0.6) is 0 Å². The minimum Gasteiger partial charge on any atom is -0.509 e. The Kier molecular flexibility index (Phi) is 4.74. The third-order valence-electron chi connectivity index (χ3n) is 4.47. The Balaban J connectivity index is 1.91. The van der Waals surface area contributed by atoms with E-state index in [0.29, 0.717) is 47.9 Å². The first kappa shape index (κ1) is 17.1. The molecule has 0 atom stereocenters. The van der Waals surface area contributed by atoms with Gasteiger partial charge in [-0.1, -0.05) is 34.4 Å². The molecule has 1 aromatic rings. The molecule has 0 radical (unpaired) electrons. The molecular weight excluding hydrogens is 351 g/mol. The molecule has 1 spiro atoms. The summed E-state index contributed by atoms with van der Waals surface area (Å²) in [6.45, 7) is 2.40. The first-order valence-electron chi connectivity index (χ1n) is 7.86. The molecule has 1 aliphatic carbocycles. The third kappa shape index (κ3) is 2.98. The monoisotopic (exact) mass is 368 g/mol. The number of hydrogen-bond donors (Lipinski definition) is 2. The van der Waals surface area contributed by atoms with E-state index in [9.17, 15) is 9.90 Å². The molecule has 1 aliphatic heterocycles. The largest absolute Gasteiger partial charge is 0.509 e. The Morgan fingerprint density at radius 2 is 2.04 bits per heavy atom. The van der Waals surface area contributed by atoms with Crippen LogP contribution in [0.25, 0.3) is 5.57 Å². The number of amides is 1. The number of nitrogens with zero attached hydrogens (tertiary/aromatic N) is 1. The van der Waals surface area contributed by atoms with Crippen molar-refractivity contribution >= 4 is 40.4 Å². The molecule has 0 unspecified atom stereocenters. The van der Waals surface area contributed by atoms with Crippen LogP contribution in [-0.4, -0.2) is 28.9 Å². The first-order chi connectivity index (χ1) is 11.5. The first-order valence-corrected chi connectivity index (χ1v) is 8.62. The van der Waals surface area contributed by atoms with Gasteiger partial charge >= 0.3 is 0 Å². The highest BCUT2D eigenvalue weighted by atomic mass is 35.5. The van der Waals surface area contributed by atoms with Crippen LogP contribution in [-0.2, 0) is 9.63 Å². The highest BCUT2D eigenvalue weighted by Crippen LogP contribution is 2.42.